The maximum atomic E-state index is 13.9. The molecule has 0 aliphatic carbocycles. The predicted molar refractivity (Wildman–Crippen MR) is 86.8 cm³/mol. The van der Waals surface area contributed by atoms with Crippen LogP contribution >= 0.6 is 0 Å². The van der Waals surface area contributed by atoms with Crippen molar-refractivity contribution in [2.75, 3.05) is 13.1 Å². The van der Waals surface area contributed by atoms with Crippen molar-refractivity contribution >= 4 is 10.9 Å². The third kappa shape index (κ3) is 3.07. The molecule has 0 radical (unpaired) electrons. The van der Waals surface area contributed by atoms with Crippen LogP contribution in [-0.2, 0) is 0 Å². The van der Waals surface area contributed by atoms with Gasteiger partial charge in [0.15, 0.2) is 0 Å². The van der Waals surface area contributed by atoms with Crippen molar-refractivity contribution < 1.29 is 9.13 Å². The second-order valence-electron chi connectivity index (χ2n) is 6.34. The summed E-state index contributed by atoms with van der Waals surface area (Å²) in [6.07, 6.45) is 2.22. The lowest BCUT2D eigenvalue weighted by molar-refractivity contribution is 0.0852. The van der Waals surface area contributed by atoms with Crippen LogP contribution in [0.25, 0.3) is 10.9 Å². The van der Waals surface area contributed by atoms with Gasteiger partial charge in [0.25, 0.3) is 0 Å². The van der Waals surface area contributed by atoms with Crippen LogP contribution < -0.4 is 4.74 Å². The van der Waals surface area contributed by atoms with Crippen molar-refractivity contribution in [3.05, 3.63) is 35.8 Å². The number of halogens is 1. The molecule has 2 heterocycles. The second-order valence-corrected chi connectivity index (χ2v) is 6.34. The lowest BCUT2D eigenvalue weighted by atomic mass is 10.1. The van der Waals surface area contributed by atoms with E-state index in [1.165, 1.54) is 6.07 Å². The first-order valence-electron chi connectivity index (χ1n) is 8.01. The van der Waals surface area contributed by atoms with E-state index < -0.39 is 0 Å². The molecule has 0 saturated carbocycles. The lowest BCUT2D eigenvalue weighted by Gasteiger charge is -2.34. The summed E-state index contributed by atoms with van der Waals surface area (Å²) in [5, 5.41) is 0.761. The molecule has 22 heavy (non-hydrogen) atoms. The Balaban J connectivity index is 1.81. The third-order valence-corrected chi connectivity index (χ3v) is 4.38. The molecular weight excluding hydrogens is 279 g/mol. The molecular formula is C18H23FN2O. The quantitative estimate of drug-likeness (QED) is 0.859. The zero-order valence-corrected chi connectivity index (χ0v) is 13.5. The smallest absolute Gasteiger partial charge is 0.149 e. The SMILES string of the molecule is Cc1cc(OC2CCN(C(C)C)CC2)c2cccc(F)c2n1. The molecule has 0 bridgehead atoms. The van der Waals surface area contributed by atoms with Crippen molar-refractivity contribution in [1.29, 1.82) is 0 Å². The van der Waals surface area contributed by atoms with Crippen LogP contribution in [0.2, 0.25) is 0 Å². The molecule has 0 amide bonds. The summed E-state index contributed by atoms with van der Waals surface area (Å²) >= 11 is 0. The van der Waals surface area contributed by atoms with E-state index in [-0.39, 0.29) is 11.9 Å². The number of nitrogens with zero attached hydrogens (tertiary/aromatic N) is 2. The van der Waals surface area contributed by atoms with Crippen LogP contribution in [0.5, 0.6) is 5.75 Å². The van der Waals surface area contributed by atoms with E-state index in [0.29, 0.717) is 11.6 Å². The van der Waals surface area contributed by atoms with Crippen molar-refractivity contribution in [2.24, 2.45) is 0 Å². The van der Waals surface area contributed by atoms with Crippen LogP contribution in [0.4, 0.5) is 4.39 Å². The molecule has 3 rings (SSSR count). The first-order chi connectivity index (χ1) is 10.5. The van der Waals surface area contributed by atoms with Gasteiger partial charge in [0.1, 0.15) is 23.2 Å². The fraction of sp³-hybridized carbons (Fsp3) is 0.500. The van der Waals surface area contributed by atoms with E-state index in [1.54, 1.807) is 6.07 Å². The van der Waals surface area contributed by atoms with Gasteiger partial charge in [0, 0.05) is 36.3 Å². The Morgan fingerprint density at radius 2 is 2.00 bits per heavy atom. The van der Waals surface area contributed by atoms with E-state index in [2.05, 4.69) is 23.7 Å². The van der Waals surface area contributed by atoms with Gasteiger partial charge in [-0.1, -0.05) is 6.07 Å². The molecule has 1 saturated heterocycles. The summed E-state index contributed by atoms with van der Waals surface area (Å²) in [7, 11) is 0. The standard InChI is InChI=1S/C18H23FN2O/c1-12(2)21-9-7-14(8-10-21)22-17-11-13(3)20-18-15(17)5-4-6-16(18)19/h4-6,11-12,14H,7-10H2,1-3H3. The summed E-state index contributed by atoms with van der Waals surface area (Å²) in [4.78, 5) is 6.77. The number of hydrogen-bond donors (Lipinski definition) is 0. The van der Waals surface area contributed by atoms with Gasteiger partial charge in [-0.15, -0.1) is 0 Å². The fourth-order valence-electron chi connectivity index (χ4n) is 3.09. The van der Waals surface area contributed by atoms with Gasteiger partial charge in [-0.2, -0.15) is 0 Å². The van der Waals surface area contributed by atoms with Crippen LogP contribution in [0, 0.1) is 12.7 Å². The van der Waals surface area contributed by atoms with Gasteiger partial charge in [-0.25, -0.2) is 9.37 Å². The summed E-state index contributed by atoms with van der Waals surface area (Å²) in [5.41, 5.74) is 1.18. The number of ether oxygens (including phenoxy) is 1. The Morgan fingerprint density at radius 1 is 1.27 bits per heavy atom. The average Bonchev–Trinajstić information content (AvgIpc) is 2.49. The molecule has 1 aromatic heterocycles. The Bertz CT molecular complexity index is 663. The number of piperidine rings is 1. The molecule has 4 heteroatoms. The van der Waals surface area contributed by atoms with Gasteiger partial charge in [-0.05, 0) is 45.7 Å². The largest absolute Gasteiger partial charge is 0.490 e. The Morgan fingerprint density at radius 3 is 2.68 bits per heavy atom. The highest BCUT2D eigenvalue weighted by atomic mass is 19.1. The van der Waals surface area contributed by atoms with Crippen molar-refractivity contribution in [2.45, 2.75) is 45.8 Å². The molecule has 0 unspecified atom stereocenters. The number of likely N-dealkylation sites (tertiary alicyclic amines) is 1. The Labute approximate surface area is 131 Å². The first kappa shape index (κ1) is 15.2. The highest BCUT2D eigenvalue weighted by molar-refractivity contribution is 5.85. The van der Waals surface area contributed by atoms with Gasteiger partial charge < -0.3 is 9.64 Å². The van der Waals surface area contributed by atoms with Gasteiger partial charge in [0.2, 0.25) is 0 Å². The van der Waals surface area contributed by atoms with E-state index >= 15 is 0 Å². The number of para-hydroxylation sites is 1. The normalized spacial score (nSPS) is 17.3. The van der Waals surface area contributed by atoms with Crippen molar-refractivity contribution in [3.8, 4) is 5.75 Å². The summed E-state index contributed by atoms with van der Waals surface area (Å²) in [6, 6.07) is 7.53. The molecule has 0 atom stereocenters. The topological polar surface area (TPSA) is 25.4 Å². The van der Waals surface area contributed by atoms with E-state index in [0.717, 1.165) is 42.8 Å². The van der Waals surface area contributed by atoms with Crippen molar-refractivity contribution in [3.63, 3.8) is 0 Å². The number of hydrogen-bond acceptors (Lipinski definition) is 3. The number of aryl methyl sites for hydroxylation is 1. The minimum absolute atomic E-state index is 0.197. The summed E-state index contributed by atoms with van der Waals surface area (Å²) in [5.74, 6) is 0.464. The zero-order chi connectivity index (χ0) is 15.7. The monoisotopic (exact) mass is 302 g/mol. The number of rotatable bonds is 3. The van der Waals surface area contributed by atoms with Gasteiger partial charge in [0.05, 0.1) is 0 Å². The van der Waals surface area contributed by atoms with Crippen LogP contribution in [0.3, 0.4) is 0 Å². The number of fused-ring (bicyclic) bond motifs is 1. The molecule has 0 N–H and O–H groups in total. The minimum atomic E-state index is -0.291. The molecule has 118 valence electrons. The number of pyridine rings is 1. The van der Waals surface area contributed by atoms with Gasteiger partial charge in [-0.3, -0.25) is 0 Å². The summed E-state index contributed by atoms with van der Waals surface area (Å²) in [6.45, 7) is 8.44. The molecule has 3 nitrogen and oxygen atoms in total. The first-order valence-corrected chi connectivity index (χ1v) is 8.01. The highest BCUT2D eigenvalue weighted by Crippen LogP contribution is 2.29. The molecule has 0 spiro atoms. The second kappa shape index (κ2) is 6.21. The number of aromatic nitrogens is 1. The predicted octanol–water partition coefficient (Wildman–Crippen LogP) is 3.93. The summed E-state index contributed by atoms with van der Waals surface area (Å²) < 4.78 is 20.1. The molecule has 2 aromatic rings. The fourth-order valence-corrected chi connectivity index (χ4v) is 3.09. The molecule has 1 aliphatic heterocycles. The van der Waals surface area contributed by atoms with Gasteiger partial charge >= 0.3 is 0 Å². The average molecular weight is 302 g/mol. The van der Waals surface area contributed by atoms with E-state index in [9.17, 15) is 4.39 Å². The molecule has 1 fully saturated rings. The maximum absolute atomic E-state index is 13.9. The van der Waals surface area contributed by atoms with Crippen LogP contribution in [-0.4, -0.2) is 35.1 Å². The maximum Gasteiger partial charge on any atom is 0.149 e. The lowest BCUT2D eigenvalue weighted by Crippen LogP contribution is -2.41. The Hall–Kier alpha value is -1.68. The van der Waals surface area contributed by atoms with E-state index in [1.807, 2.05) is 19.1 Å². The molecule has 1 aromatic carbocycles. The van der Waals surface area contributed by atoms with Crippen molar-refractivity contribution in [1.82, 2.24) is 9.88 Å². The number of benzene rings is 1. The van der Waals surface area contributed by atoms with E-state index in [4.69, 9.17) is 4.74 Å². The van der Waals surface area contributed by atoms with Crippen LogP contribution in [0.15, 0.2) is 24.3 Å². The Kier molecular flexibility index (Phi) is 4.30. The minimum Gasteiger partial charge on any atom is -0.490 e. The van der Waals surface area contributed by atoms with Crippen LogP contribution in [0.1, 0.15) is 32.4 Å². The molecule has 1 aliphatic rings. The highest BCUT2D eigenvalue weighted by Gasteiger charge is 2.23. The third-order valence-electron chi connectivity index (χ3n) is 4.38. The zero-order valence-electron chi connectivity index (χ0n) is 13.5.